The van der Waals surface area contributed by atoms with Crippen LogP contribution in [0.2, 0.25) is 5.02 Å². The first-order chi connectivity index (χ1) is 14.9. The quantitative estimate of drug-likeness (QED) is 0.532. The highest BCUT2D eigenvalue weighted by molar-refractivity contribution is 6.30. The molecule has 1 fully saturated rings. The minimum atomic E-state index is -0.0977. The SMILES string of the molecule is CC[C@@H](C)NC(=O)COc1cccc([C@@H]2OC[C@@H](c3ccc(Cl)cc3)C[C@H]2C(C)C)c1. The molecule has 1 amide bonds. The Morgan fingerprint density at radius 3 is 2.58 bits per heavy atom. The molecule has 0 unspecified atom stereocenters. The van der Waals surface area contributed by atoms with Gasteiger partial charge in [-0.3, -0.25) is 4.79 Å². The van der Waals surface area contributed by atoms with E-state index >= 15 is 0 Å². The van der Waals surface area contributed by atoms with Crippen molar-refractivity contribution < 1.29 is 14.3 Å². The first-order valence-corrected chi connectivity index (χ1v) is 11.6. The maximum atomic E-state index is 12.0. The van der Waals surface area contributed by atoms with Crippen molar-refractivity contribution in [2.45, 2.75) is 58.6 Å². The van der Waals surface area contributed by atoms with Gasteiger partial charge in [-0.05, 0) is 67.0 Å². The summed E-state index contributed by atoms with van der Waals surface area (Å²) in [5, 5.41) is 3.68. The molecule has 1 saturated heterocycles. The lowest BCUT2D eigenvalue weighted by molar-refractivity contribution is -0.123. The Hall–Kier alpha value is -2.04. The number of carbonyl (C=O) groups excluding carboxylic acids is 1. The van der Waals surface area contributed by atoms with Crippen molar-refractivity contribution in [1.29, 1.82) is 0 Å². The van der Waals surface area contributed by atoms with E-state index in [-0.39, 0.29) is 24.7 Å². The molecule has 4 atom stereocenters. The number of rotatable bonds is 8. The molecule has 0 aromatic heterocycles. The van der Waals surface area contributed by atoms with Crippen LogP contribution < -0.4 is 10.1 Å². The topological polar surface area (TPSA) is 47.6 Å². The molecular formula is C26H34ClNO3. The number of ether oxygens (including phenoxy) is 2. The van der Waals surface area contributed by atoms with Crippen molar-refractivity contribution in [3.8, 4) is 5.75 Å². The standard InChI is InChI=1S/C26H34ClNO3/c1-5-18(4)28-25(29)16-30-23-8-6-7-20(13-23)26-24(17(2)3)14-21(15-31-26)19-9-11-22(27)12-10-19/h6-13,17-18,21,24,26H,5,14-16H2,1-4H3,(H,28,29)/t18-,21+,24+,26+/m1/s1. The fraction of sp³-hybridized carbons (Fsp3) is 0.500. The number of hydrogen-bond acceptors (Lipinski definition) is 3. The second kappa shape index (κ2) is 11.0. The Labute approximate surface area is 191 Å². The Morgan fingerprint density at radius 2 is 1.90 bits per heavy atom. The molecule has 3 rings (SSSR count). The van der Waals surface area contributed by atoms with E-state index in [0.717, 1.165) is 23.4 Å². The summed E-state index contributed by atoms with van der Waals surface area (Å²) in [5.74, 6) is 1.83. The zero-order chi connectivity index (χ0) is 22.4. The lowest BCUT2D eigenvalue weighted by Gasteiger charge is -2.39. The van der Waals surface area contributed by atoms with Crippen LogP contribution in [0.1, 0.15) is 63.7 Å². The Bertz CT molecular complexity index is 852. The van der Waals surface area contributed by atoms with Crippen LogP contribution in [0.25, 0.3) is 0 Å². The van der Waals surface area contributed by atoms with E-state index in [9.17, 15) is 4.79 Å². The maximum absolute atomic E-state index is 12.0. The Kier molecular flexibility index (Phi) is 8.39. The highest BCUT2D eigenvalue weighted by Crippen LogP contribution is 2.44. The molecule has 1 heterocycles. The summed E-state index contributed by atoms with van der Waals surface area (Å²) >= 11 is 6.06. The number of hydrogen-bond donors (Lipinski definition) is 1. The lowest BCUT2D eigenvalue weighted by atomic mass is 9.76. The van der Waals surface area contributed by atoms with Crippen LogP contribution in [0.3, 0.4) is 0 Å². The van der Waals surface area contributed by atoms with Gasteiger partial charge in [0.1, 0.15) is 5.75 Å². The predicted octanol–water partition coefficient (Wildman–Crippen LogP) is 6.15. The van der Waals surface area contributed by atoms with Gasteiger partial charge in [0.25, 0.3) is 5.91 Å². The molecule has 1 N–H and O–H groups in total. The van der Waals surface area contributed by atoms with Gasteiger partial charge in [-0.15, -0.1) is 0 Å². The average Bonchev–Trinajstić information content (AvgIpc) is 2.78. The monoisotopic (exact) mass is 443 g/mol. The molecule has 0 radical (unpaired) electrons. The van der Waals surface area contributed by atoms with Crippen LogP contribution in [0.4, 0.5) is 0 Å². The lowest BCUT2D eigenvalue weighted by Crippen LogP contribution is -2.35. The summed E-state index contributed by atoms with van der Waals surface area (Å²) in [6.45, 7) is 9.24. The van der Waals surface area contributed by atoms with Crippen molar-refractivity contribution in [2.75, 3.05) is 13.2 Å². The Morgan fingerprint density at radius 1 is 1.16 bits per heavy atom. The number of carbonyl (C=O) groups is 1. The Balaban J connectivity index is 1.68. The summed E-state index contributed by atoms with van der Waals surface area (Å²) in [6.07, 6.45) is 1.97. The van der Waals surface area contributed by atoms with Crippen LogP contribution in [0.15, 0.2) is 48.5 Å². The minimum absolute atomic E-state index is 0.0149. The van der Waals surface area contributed by atoms with Gasteiger partial charge in [-0.2, -0.15) is 0 Å². The molecule has 2 aromatic carbocycles. The normalized spacial score (nSPS) is 22.2. The van der Waals surface area contributed by atoms with Gasteiger partial charge in [0, 0.05) is 17.0 Å². The van der Waals surface area contributed by atoms with Crippen LogP contribution in [0, 0.1) is 11.8 Å². The van der Waals surface area contributed by atoms with E-state index in [1.807, 2.05) is 44.2 Å². The van der Waals surface area contributed by atoms with E-state index in [4.69, 9.17) is 21.1 Å². The van der Waals surface area contributed by atoms with Crippen LogP contribution in [-0.4, -0.2) is 25.2 Å². The number of nitrogens with one attached hydrogen (secondary N) is 1. The predicted molar refractivity (Wildman–Crippen MR) is 126 cm³/mol. The van der Waals surface area contributed by atoms with Crippen molar-refractivity contribution >= 4 is 17.5 Å². The minimum Gasteiger partial charge on any atom is -0.484 e. The number of benzene rings is 2. The zero-order valence-corrected chi connectivity index (χ0v) is 19.7. The molecule has 31 heavy (non-hydrogen) atoms. The smallest absolute Gasteiger partial charge is 0.258 e. The van der Waals surface area contributed by atoms with Gasteiger partial charge >= 0.3 is 0 Å². The summed E-state index contributed by atoms with van der Waals surface area (Å²) in [4.78, 5) is 12.0. The van der Waals surface area contributed by atoms with E-state index in [1.54, 1.807) is 0 Å². The molecule has 0 bridgehead atoms. The van der Waals surface area contributed by atoms with Gasteiger partial charge < -0.3 is 14.8 Å². The van der Waals surface area contributed by atoms with Crippen molar-refractivity contribution in [3.05, 3.63) is 64.7 Å². The van der Waals surface area contributed by atoms with E-state index < -0.39 is 0 Å². The zero-order valence-electron chi connectivity index (χ0n) is 18.9. The maximum Gasteiger partial charge on any atom is 0.258 e. The first kappa shape index (κ1) is 23.6. The largest absolute Gasteiger partial charge is 0.484 e. The van der Waals surface area contributed by atoms with Crippen molar-refractivity contribution in [2.24, 2.45) is 11.8 Å². The third-order valence-corrected chi connectivity index (χ3v) is 6.45. The van der Waals surface area contributed by atoms with Crippen molar-refractivity contribution in [1.82, 2.24) is 5.32 Å². The first-order valence-electron chi connectivity index (χ1n) is 11.3. The fourth-order valence-corrected chi connectivity index (χ4v) is 4.27. The van der Waals surface area contributed by atoms with Gasteiger partial charge in [0.05, 0.1) is 12.7 Å². The highest BCUT2D eigenvalue weighted by atomic mass is 35.5. The molecule has 4 nitrogen and oxygen atoms in total. The molecule has 1 aliphatic rings. The van der Waals surface area contributed by atoms with E-state index in [0.29, 0.717) is 30.1 Å². The third-order valence-electron chi connectivity index (χ3n) is 6.20. The van der Waals surface area contributed by atoms with Crippen molar-refractivity contribution in [3.63, 3.8) is 0 Å². The van der Waals surface area contributed by atoms with Gasteiger partial charge in [0.15, 0.2) is 6.61 Å². The van der Waals surface area contributed by atoms with E-state index in [1.165, 1.54) is 5.56 Å². The summed E-state index contributed by atoms with van der Waals surface area (Å²) < 4.78 is 12.2. The highest BCUT2D eigenvalue weighted by Gasteiger charge is 2.35. The van der Waals surface area contributed by atoms with Crippen LogP contribution in [0.5, 0.6) is 5.75 Å². The van der Waals surface area contributed by atoms with Gasteiger partial charge in [0.2, 0.25) is 0 Å². The molecule has 0 spiro atoms. The molecule has 168 valence electrons. The second-order valence-electron chi connectivity index (χ2n) is 8.88. The van der Waals surface area contributed by atoms with E-state index in [2.05, 4.69) is 37.4 Å². The molecular weight excluding hydrogens is 410 g/mol. The molecule has 1 aliphatic heterocycles. The molecule has 5 heteroatoms. The summed E-state index contributed by atoms with van der Waals surface area (Å²) in [5.41, 5.74) is 2.38. The van der Waals surface area contributed by atoms with Crippen LogP contribution in [-0.2, 0) is 9.53 Å². The fourth-order valence-electron chi connectivity index (χ4n) is 4.14. The molecule has 0 aliphatic carbocycles. The third kappa shape index (κ3) is 6.47. The molecule has 0 saturated carbocycles. The summed E-state index contributed by atoms with van der Waals surface area (Å²) in [7, 11) is 0. The van der Waals surface area contributed by atoms with Crippen LogP contribution >= 0.6 is 11.6 Å². The summed E-state index contributed by atoms with van der Waals surface area (Å²) in [6, 6.07) is 16.2. The molecule has 2 aromatic rings. The number of halogens is 1. The number of amides is 1. The van der Waals surface area contributed by atoms with Gasteiger partial charge in [-0.1, -0.05) is 56.6 Å². The average molecular weight is 444 g/mol. The van der Waals surface area contributed by atoms with Gasteiger partial charge in [-0.25, -0.2) is 0 Å². The second-order valence-corrected chi connectivity index (χ2v) is 9.32.